The number of ether oxygens (including phenoxy) is 1. The normalized spacial score (nSPS) is 19.4. The van der Waals surface area contributed by atoms with E-state index in [-0.39, 0.29) is 24.7 Å². The summed E-state index contributed by atoms with van der Waals surface area (Å²) in [5.41, 5.74) is -0.511. The molecule has 1 heterocycles. The van der Waals surface area contributed by atoms with Crippen molar-refractivity contribution < 1.29 is 19.4 Å². The standard InChI is InChI=1S/C15H28N2O4/c1-11(2)16(10-13(18)19)9-12-7-6-8-17(12)14(20)21-15(3,4)5/h11-12H,6-10H2,1-5H3,(H,18,19). The van der Waals surface area contributed by atoms with Crippen molar-refractivity contribution in [3.8, 4) is 0 Å². The predicted molar refractivity (Wildman–Crippen MR) is 80.3 cm³/mol. The fourth-order valence-corrected chi connectivity index (χ4v) is 2.49. The van der Waals surface area contributed by atoms with Crippen LogP contribution in [0.2, 0.25) is 0 Å². The monoisotopic (exact) mass is 300 g/mol. The van der Waals surface area contributed by atoms with Crippen molar-refractivity contribution in [1.29, 1.82) is 0 Å². The molecular formula is C15H28N2O4. The molecule has 1 saturated heterocycles. The van der Waals surface area contributed by atoms with E-state index in [2.05, 4.69) is 0 Å². The van der Waals surface area contributed by atoms with Crippen LogP contribution in [0.4, 0.5) is 4.79 Å². The van der Waals surface area contributed by atoms with Crippen molar-refractivity contribution in [3.63, 3.8) is 0 Å². The minimum atomic E-state index is -0.842. The molecule has 0 aliphatic carbocycles. The van der Waals surface area contributed by atoms with Gasteiger partial charge < -0.3 is 14.7 Å². The molecule has 0 spiro atoms. The molecule has 1 N–H and O–H groups in total. The first-order chi connectivity index (χ1) is 9.60. The first kappa shape index (κ1) is 17.8. The van der Waals surface area contributed by atoms with Crippen LogP contribution in [0.3, 0.4) is 0 Å². The van der Waals surface area contributed by atoms with Gasteiger partial charge in [0.1, 0.15) is 5.60 Å². The van der Waals surface area contributed by atoms with Crippen LogP contribution in [-0.2, 0) is 9.53 Å². The average molecular weight is 300 g/mol. The van der Waals surface area contributed by atoms with E-state index in [1.54, 1.807) is 4.90 Å². The van der Waals surface area contributed by atoms with Crippen molar-refractivity contribution in [1.82, 2.24) is 9.80 Å². The van der Waals surface area contributed by atoms with Gasteiger partial charge in [-0.1, -0.05) is 0 Å². The van der Waals surface area contributed by atoms with Crippen molar-refractivity contribution in [2.24, 2.45) is 0 Å². The van der Waals surface area contributed by atoms with E-state index in [1.807, 2.05) is 39.5 Å². The second-order valence-corrected chi connectivity index (χ2v) is 6.89. The highest BCUT2D eigenvalue weighted by Crippen LogP contribution is 2.22. The number of nitrogens with zero attached hydrogens (tertiary/aromatic N) is 2. The minimum absolute atomic E-state index is 0.00365. The Hall–Kier alpha value is -1.30. The molecule has 0 saturated carbocycles. The highest BCUT2D eigenvalue weighted by molar-refractivity contribution is 5.69. The van der Waals surface area contributed by atoms with Crippen molar-refractivity contribution in [2.75, 3.05) is 19.6 Å². The van der Waals surface area contributed by atoms with E-state index in [0.717, 1.165) is 12.8 Å². The summed E-state index contributed by atoms with van der Waals surface area (Å²) >= 11 is 0. The van der Waals surface area contributed by atoms with Gasteiger partial charge in [-0.25, -0.2) is 4.79 Å². The topological polar surface area (TPSA) is 70.1 Å². The second-order valence-electron chi connectivity index (χ2n) is 6.89. The number of amides is 1. The third kappa shape index (κ3) is 5.91. The lowest BCUT2D eigenvalue weighted by atomic mass is 10.2. The van der Waals surface area contributed by atoms with Gasteiger partial charge in [0.25, 0.3) is 0 Å². The fourth-order valence-electron chi connectivity index (χ4n) is 2.49. The quantitative estimate of drug-likeness (QED) is 0.842. The number of carbonyl (C=O) groups excluding carboxylic acids is 1. The molecule has 0 aromatic carbocycles. The zero-order valence-corrected chi connectivity index (χ0v) is 13.8. The summed E-state index contributed by atoms with van der Waals surface area (Å²) < 4.78 is 5.43. The van der Waals surface area contributed by atoms with Gasteiger partial charge in [-0.2, -0.15) is 0 Å². The molecule has 1 atom stereocenters. The summed E-state index contributed by atoms with van der Waals surface area (Å²) in [6.45, 7) is 10.7. The Morgan fingerprint density at radius 2 is 2.00 bits per heavy atom. The van der Waals surface area contributed by atoms with Crippen LogP contribution < -0.4 is 0 Å². The zero-order valence-electron chi connectivity index (χ0n) is 13.8. The fraction of sp³-hybridized carbons (Fsp3) is 0.867. The van der Waals surface area contributed by atoms with Gasteiger partial charge in [0.15, 0.2) is 0 Å². The number of rotatable bonds is 5. The number of hydrogen-bond acceptors (Lipinski definition) is 4. The summed E-state index contributed by atoms with van der Waals surface area (Å²) in [7, 11) is 0. The molecule has 21 heavy (non-hydrogen) atoms. The van der Waals surface area contributed by atoms with Crippen molar-refractivity contribution >= 4 is 12.1 Å². The van der Waals surface area contributed by atoms with E-state index < -0.39 is 11.6 Å². The summed E-state index contributed by atoms with van der Waals surface area (Å²) in [5, 5.41) is 8.99. The van der Waals surface area contributed by atoms with Crippen molar-refractivity contribution in [3.05, 3.63) is 0 Å². The molecule has 0 aromatic rings. The van der Waals surface area contributed by atoms with E-state index >= 15 is 0 Å². The van der Waals surface area contributed by atoms with Gasteiger partial charge >= 0.3 is 12.1 Å². The molecule has 1 fully saturated rings. The minimum Gasteiger partial charge on any atom is -0.480 e. The molecule has 1 amide bonds. The van der Waals surface area contributed by atoms with Crippen LogP contribution in [0.15, 0.2) is 0 Å². The highest BCUT2D eigenvalue weighted by atomic mass is 16.6. The van der Waals surface area contributed by atoms with Crippen LogP contribution in [-0.4, -0.2) is 64.3 Å². The van der Waals surface area contributed by atoms with Gasteiger partial charge in [0.05, 0.1) is 6.54 Å². The molecule has 1 aliphatic heterocycles. The Labute approximate surface area is 127 Å². The number of likely N-dealkylation sites (tertiary alicyclic amines) is 1. The number of aliphatic carboxylic acids is 1. The third-order valence-electron chi connectivity index (χ3n) is 3.52. The Bertz CT molecular complexity index is 376. The largest absolute Gasteiger partial charge is 0.480 e. The van der Waals surface area contributed by atoms with Gasteiger partial charge in [-0.3, -0.25) is 9.69 Å². The first-order valence-corrected chi connectivity index (χ1v) is 7.55. The third-order valence-corrected chi connectivity index (χ3v) is 3.52. The molecular weight excluding hydrogens is 272 g/mol. The first-order valence-electron chi connectivity index (χ1n) is 7.55. The molecule has 1 unspecified atom stereocenters. The lowest BCUT2D eigenvalue weighted by Crippen LogP contribution is -2.48. The van der Waals surface area contributed by atoms with Crippen LogP contribution in [0.1, 0.15) is 47.5 Å². The van der Waals surface area contributed by atoms with Gasteiger partial charge in [0, 0.05) is 25.2 Å². The van der Waals surface area contributed by atoms with Gasteiger partial charge in [-0.15, -0.1) is 0 Å². The Morgan fingerprint density at radius 3 is 2.48 bits per heavy atom. The second kappa shape index (κ2) is 7.11. The van der Waals surface area contributed by atoms with E-state index in [9.17, 15) is 9.59 Å². The van der Waals surface area contributed by atoms with E-state index in [4.69, 9.17) is 9.84 Å². The summed E-state index contributed by atoms with van der Waals surface area (Å²) in [6, 6.07) is 0.156. The molecule has 1 aliphatic rings. The highest BCUT2D eigenvalue weighted by Gasteiger charge is 2.33. The smallest absolute Gasteiger partial charge is 0.410 e. The van der Waals surface area contributed by atoms with E-state index in [1.165, 1.54) is 0 Å². The van der Waals surface area contributed by atoms with Crippen LogP contribution in [0.25, 0.3) is 0 Å². The van der Waals surface area contributed by atoms with Crippen LogP contribution >= 0.6 is 0 Å². The number of carboxylic acids is 1. The Morgan fingerprint density at radius 1 is 1.38 bits per heavy atom. The van der Waals surface area contributed by atoms with Crippen LogP contribution in [0, 0.1) is 0 Å². The number of carbonyl (C=O) groups is 2. The molecule has 0 aromatic heterocycles. The SMILES string of the molecule is CC(C)N(CC(=O)O)CC1CCCN1C(=O)OC(C)(C)C. The van der Waals surface area contributed by atoms with E-state index in [0.29, 0.717) is 13.1 Å². The number of carboxylic acid groups (broad SMARTS) is 1. The molecule has 6 heteroatoms. The maximum atomic E-state index is 12.2. The van der Waals surface area contributed by atoms with Gasteiger partial charge in [-0.05, 0) is 47.5 Å². The molecule has 0 radical (unpaired) electrons. The summed E-state index contributed by atoms with van der Waals surface area (Å²) in [6.07, 6.45) is 1.52. The lowest BCUT2D eigenvalue weighted by molar-refractivity contribution is -0.138. The molecule has 6 nitrogen and oxygen atoms in total. The summed E-state index contributed by atoms with van der Waals surface area (Å²) in [5.74, 6) is -0.842. The lowest BCUT2D eigenvalue weighted by Gasteiger charge is -2.33. The maximum Gasteiger partial charge on any atom is 0.410 e. The summed E-state index contributed by atoms with van der Waals surface area (Å²) in [4.78, 5) is 26.8. The zero-order chi connectivity index (χ0) is 16.2. The van der Waals surface area contributed by atoms with Crippen LogP contribution in [0.5, 0.6) is 0 Å². The van der Waals surface area contributed by atoms with Crippen molar-refractivity contribution in [2.45, 2.75) is 65.1 Å². The molecule has 1 rings (SSSR count). The maximum absolute atomic E-state index is 12.2. The average Bonchev–Trinajstić information content (AvgIpc) is 2.73. The number of hydrogen-bond donors (Lipinski definition) is 1. The Kier molecular flexibility index (Phi) is 6.01. The van der Waals surface area contributed by atoms with Gasteiger partial charge in [0.2, 0.25) is 0 Å². The molecule has 0 bridgehead atoms. The predicted octanol–water partition coefficient (Wildman–Crippen LogP) is 2.18. The Balaban J connectivity index is 2.67. The molecule has 122 valence electrons.